The molecule has 2 aliphatic heterocycles. The summed E-state index contributed by atoms with van der Waals surface area (Å²) in [4.78, 5) is 15.3. The molecule has 6 heteroatoms. The highest BCUT2D eigenvalue weighted by Crippen LogP contribution is 2.30. The Morgan fingerprint density at radius 1 is 1.21 bits per heavy atom. The van der Waals surface area contributed by atoms with Gasteiger partial charge in [0.2, 0.25) is 5.91 Å². The Balaban J connectivity index is 1.39. The van der Waals surface area contributed by atoms with E-state index in [4.69, 9.17) is 0 Å². The van der Waals surface area contributed by atoms with E-state index >= 15 is 0 Å². The molecule has 1 amide bonds. The molecule has 4 rings (SSSR count). The first-order valence-corrected chi connectivity index (χ1v) is 10.4. The number of amides is 1. The van der Waals surface area contributed by atoms with Gasteiger partial charge in [-0.25, -0.2) is 4.39 Å². The molecule has 150 valence electrons. The van der Waals surface area contributed by atoms with Crippen molar-refractivity contribution in [3.05, 3.63) is 41.3 Å². The first-order chi connectivity index (χ1) is 13.6. The van der Waals surface area contributed by atoms with Gasteiger partial charge >= 0.3 is 0 Å². The van der Waals surface area contributed by atoms with Crippen LogP contribution < -0.4 is 5.32 Å². The molecule has 2 N–H and O–H groups in total. The number of rotatable bonds is 5. The van der Waals surface area contributed by atoms with Crippen molar-refractivity contribution in [2.24, 2.45) is 5.92 Å². The van der Waals surface area contributed by atoms with Crippen molar-refractivity contribution < 1.29 is 9.18 Å². The average molecular weight is 384 g/mol. The number of hydrogen-bond acceptors (Lipinski definition) is 3. The number of aromatic nitrogens is 2. The van der Waals surface area contributed by atoms with E-state index in [1.54, 1.807) is 12.1 Å². The molecule has 1 aromatic heterocycles. The normalized spacial score (nSPS) is 22.6. The van der Waals surface area contributed by atoms with Crippen LogP contribution in [0.1, 0.15) is 43.4 Å². The number of nitrogens with one attached hydrogen (secondary N) is 2. The van der Waals surface area contributed by atoms with Crippen LogP contribution in [0.25, 0.3) is 11.3 Å². The average Bonchev–Trinajstić information content (AvgIpc) is 3.07. The summed E-state index contributed by atoms with van der Waals surface area (Å²) in [5.74, 6) is 0.306. The Morgan fingerprint density at radius 3 is 2.82 bits per heavy atom. The maximum atomic E-state index is 13.2. The van der Waals surface area contributed by atoms with Gasteiger partial charge in [-0.1, -0.05) is 6.42 Å². The molecular formula is C22H29FN4O. The number of carbonyl (C=O) groups is 1. The third kappa shape index (κ3) is 4.12. The van der Waals surface area contributed by atoms with Gasteiger partial charge in [-0.05, 0) is 75.9 Å². The monoisotopic (exact) mass is 384 g/mol. The molecule has 1 aromatic carbocycles. The molecule has 0 spiro atoms. The van der Waals surface area contributed by atoms with Gasteiger partial charge < -0.3 is 10.2 Å². The maximum Gasteiger partial charge on any atom is 0.224 e. The van der Waals surface area contributed by atoms with Crippen LogP contribution in [-0.2, 0) is 11.2 Å². The smallest absolute Gasteiger partial charge is 0.224 e. The van der Waals surface area contributed by atoms with Crippen LogP contribution >= 0.6 is 0 Å². The number of carbonyl (C=O) groups excluding carboxylic acids is 1. The lowest BCUT2D eigenvalue weighted by atomic mass is 9.83. The quantitative estimate of drug-likeness (QED) is 0.830. The largest absolute Gasteiger partial charge is 0.355 e. The summed E-state index contributed by atoms with van der Waals surface area (Å²) in [6.45, 7) is 5.10. The van der Waals surface area contributed by atoms with Crippen molar-refractivity contribution in [3.8, 4) is 11.3 Å². The second-order valence-electron chi connectivity index (χ2n) is 8.16. The number of aromatic amines is 1. The number of halogens is 1. The van der Waals surface area contributed by atoms with E-state index in [-0.39, 0.29) is 18.1 Å². The third-order valence-corrected chi connectivity index (χ3v) is 6.32. The van der Waals surface area contributed by atoms with Crippen LogP contribution in [0, 0.1) is 18.7 Å². The van der Waals surface area contributed by atoms with Crippen LogP contribution in [-0.4, -0.2) is 46.7 Å². The van der Waals surface area contributed by atoms with Crippen molar-refractivity contribution in [2.45, 2.75) is 51.5 Å². The van der Waals surface area contributed by atoms with Gasteiger partial charge in [0.1, 0.15) is 5.82 Å². The molecule has 2 aromatic rings. The van der Waals surface area contributed by atoms with Gasteiger partial charge in [-0.2, -0.15) is 5.10 Å². The topological polar surface area (TPSA) is 61.0 Å². The standard InChI is InChI=1S/C22H29FN4O/c1-15-19(22(26-25-15)16-7-9-18(23)10-8-16)13-21(28)24-14-17-5-4-12-27-11-3-2-6-20(17)27/h7-10,17,20H,2-6,11-14H2,1H3,(H,24,28)(H,25,26)/t17-,20-/m0/s1. The van der Waals surface area contributed by atoms with Crippen LogP contribution in [0.3, 0.4) is 0 Å². The van der Waals surface area contributed by atoms with E-state index in [9.17, 15) is 9.18 Å². The lowest BCUT2D eigenvalue weighted by molar-refractivity contribution is -0.120. The highest BCUT2D eigenvalue weighted by atomic mass is 19.1. The van der Waals surface area contributed by atoms with E-state index in [0.29, 0.717) is 12.0 Å². The zero-order valence-corrected chi connectivity index (χ0v) is 16.5. The molecule has 2 saturated heterocycles. The number of benzene rings is 1. The summed E-state index contributed by atoms with van der Waals surface area (Å²) in [6.07, 6.45) is 6.59. The van der Waals surface area contributed by atoms with Gasteiger partial charge in [-0.15, -0.1) is 0 Å². The van der Waals surface area contributed by atoms with E-state index in [1.165, 1.54) is 57.3 Å². The fourth-order valence-electron chi connectivity index (χ4n) is 4.80. The minimum Gasteiger partial charge on any atom is -0.355 e. The Morgan fingerprint density at radius 2 is 2.00 bits per heavy atom. The van der Waals surface area contributed by atoms with Gasteiger partial charge in [0.25, 0.3) is 0 Å². The molecule has 2 fully saturated rings. The Hall–Kier alpha value is -2.21. The van der Waals surface area contributed by atoms with Crippen LogP contribution in [0.4, 0.5) is 4.39 Å². The number of hydrogen-bond donors (Lipinski definition) is 2. The van der Waals surface area contributed by atoms with Crippen molar-refractivity contribution in [1.82, 2.24) is 20.4 Å². The van der Waals surface area contributed by atoms with Gasteiger partial charge in [0.15, 0.2) is 0 Å². The fourth-order valence-corrected chi connectivity index (χ4v) is 4.80. The summed E-state index contributed by atoms with van der Waals surface area (Å²) in [5, 5.41) is 10.5. The molecule has 5 nitrogen and oxygen atoms in total. The molecule has 28 heavy (non-hydrogen) atoms. The van der Waals surface area contributed by atoms with Crippen molar-refractivity contribution in [2.75, 3.05) is 19.6 Å². The van der Waals surface area contributed by atoms with Crippen LogP contribution in [0.5, 0.6) is 0 Å². The predicted molar refractivity (Wildman–Crippen MR) is 107 cm³/mol. The van der Waals surface area contributed by atoms with Crippen LogP contribution in [0.2, 0.25) is 0 Å². The van der Waals surface area contributed by atoms with Gasteiger partial charge in [-0.3, -0.25) is 9.89 Å². The second kappa shape index (κ2) is 8.43. The zero-order chi connectivity index (χ0) is 19.5. The number of fused-ring (bicyclic) bond motifs is 1. The molecule has 0 aliphatic carbocycles. The first kappa shape index (κ1) is 19.1. The summed E-state index contributed by atoms with van der Waals surface area (Å²) in [6, 6.07) is 6.87. The summed E-state index contributed by atoms with van der Waals surface area (Å²) >= 11 is 0. The highest BCUT2D eigenvalue weighted by Gasteiger charge is 2.33. The molecule has 2 atom stereocenters. The SMILES string of the molecule is Cc1[nH]nc(-c2ccc(F)cc2)c1CC(=O)NC[C@@H]1CCCN2CCCC[C@@H]12. The fraction of sp³-hybridized carbons (Fsp3) is 0.545. The Labute approximate surface area is 165 Å². The Bertz CT molecular complexity index is 814. The summed E-state index contributed by atoms with van der Waals surface area (Å²) in [7, 11) is 0. The van der Waals surface area contributed by atoms with Crippen molar-refractivity contribution >= 4 is 5.91 Å². The minimum atomic E-state index is -0.278. The molecular weight excluding hydrogens is 355 g/mol. The Kier molecular flexibility index (Phi) is 5.76. The van der Waals surface area contributed by atoms with Crippen molar-refractivity contribution in [1.29, 1.82) is 0 Å². The van der Waals surface area contributed by atoms with E-state index in [0.717, 1.165) is 29.1 Å². The summed E-state index contributed by atoms with van der Waals surface area (Å²) in [5.41, 5.74) is 3.31. The number of nitrogens with zero attached hydrogens (tertiary/aromatic N) is 2. The lowest BCUT2D eigenvalue weighted by Crippen LogP contribution is -2.51. The van der Waals surface area contributed by atoms with E-state index < -0.39 is 0 Å². The molecule has 2 aliphatic rings. The molecule has 0 saturated carbocycles. The van der Waals surface area contributed by atoms with Gasteiger partial charge in [0, 0.05) is 29.4 Å². The zero-order valence-electron chi connectivity index (χ0n) is 16.5. The molecule has 0 bridgehead atoms. The van der Waals surface area contributed by atoms with Gasteiger partial charge in [0.05, 0.1) is 12.1 Å². The second-order valence-corrected chi connectivity index (χ2v) is 8.16. The van der Waals surface area contributed by atoms with E-state index in [2.05, 4.69) is 20.4 Å². The van der Waals surface area contributed by atoms with E-state index in [1.807, 2.05) is 6.92 Å². The lowest BCUT2D eigenvalue weighted by Gasteiger charge is -2.44. The maximum absolute atomic E-state index is 13.2. The molecule has 0 unspecified atom stereocenters. The highest BCUT2D eigenvalue weighted by molar-refractivity contribution is 5.81. The number of piperidine rings is 2. The first-order valence-electron chi connectivity index (χ1n) is 10.4. The number of aryl methyl sites for hydroxylation is 1. The van der Waals surface area contributed by atoms with Crippen LogP contribution in [0.15, 0.2) is 24.3 Å². The summed E-state index contributed by atoms with van der Waals surface area (Å²) < 4.78 is 13.2. The molecule has 3 heterocycles. The van der Waals surface area contributed by atoms with Crippen molar-refractivity contribution in [3.63, 3.8) is 0 Å². The molecule has 0 radical (unpaired) electrons. The predicted octanol–water partition coefficient (Wildman–Crippen LogP) is 3.45. The number of H-pyrrole nitrogens is 1. The third-order valence-electron chi connectivity index (χ3n) is 6.32. The minimum absolute atomic E-state index is 0.0285.